The molecule has 0 aliphatic rings. The number of hydrogen-bond donors (Lipinski definition) is 0. The van der Waals surface area contributed by atoms with Gasteiger partial charge in [0.25, 0.3) is 0 Å². The minimum absolute atomic E-state index is 0. The van der Waals surface area contributed by atoms with Crippen molar-refractivity contribution in [2.24, 2.45) is 14.1 Å². The van der Waals surface area contributed by atoms with Crippen molar-refractivity contribution in [3.05, 3.63) is 243 Å². The first-order chi connectivity index (χ1) is 33.1. The van der Waals surface area contributed by atoms with Crippen LogP contribution in [-0.4, -0.2) is 29.6 Å². The van der Waals surface area contributed by atoms with Crippen LogP contribution in [0.1, 0.15) is 0 Å². The number of aryl methyl sites for hydroxylation is 2. The Bertz CT molecular complexity index is 3310. The van der Waals surface area contributed by atoms with Crippen LogP contribution in [0.4, 0.5) is 0 Å². The van der Waals surface area contributed by atoms with Gasteiger partial charge in [0.15, 0.2) is 0 Å². The molecule has 4 heterocycles. The predicted octanol–water partition coefficient (Wildman–Crippen LogP) is 10.7. The van der Waals surface area contributed by atoms with E-state index in [1.165, 1.54) is 21.9 Å². The summed E-state index contributed by atoms with van der Waals surface area (Å²) >= 11 is 0. The van der Waals surface area contributed by atoms with E-state index in [1.807, 2.05) is 48.5 Å². The van der Waals surface area contributed by atoms with E-state index in [9.17, 15) is 0 Å². The van der Waals surface area contributed by atoms with E-state index in [1.54, 1.807) is 12.3 Å². The van der Waals surface area contributed by atoms with Crippen molar-refractivity contribution in [2.75, 3.05) is 0 Å². The van der Waals surface area contributed by atoms with Crippen molar-refractivity contribution >= 4 is 21.5 Å². The largest absolute Gasteiger partial charge is 0.341 e. The van der Waals surface area contributed by atoms with E-state index in [4.69, 9.17) is 0 Å². The van der Waals surface area contributed by atoms with Gasteiger partial charge in [0.2, 0.25) is 12.7 Å². The van der Waals surface area contributed by atoms with E-state index >= 15 is 0 Å². The number of nitrogens with zero attached hydrogens (tertiary/aromatic N) is 9. The molecule has 0 spiro atoms. The molecule has 0 N–H and O–H groups in total. The van der Waals surface area contributed by atoms with Gasteiger partial charge in [0.05, 0.1) is 48.4 Å². The standard InChI is InChI=1S/2C26H19N2.C6H4N5.Ir/c2*1-27-19-28(24-18-10-16-20-11-8-9-17-23(20)24)26(22-14-6-3-7-15-22)25(27)21-12-4-2-5-13-21;1-2-4-7-5(3-1)6-8-10-11-9-6;/h2*2-17H,1H3;1-4H;/q3*-1;. The van der Waals surface area contributed by atoms with Gasteiger partial charge in [-0.25, -0.2) is 0 Å². The SMILES string of the molecule is C[n+]1[c-]n(-c2[c-]ccc3ccccc23)c(-c2ccccc2)c1-c1ccccc1.C[n+]1[c-]n(-c2[c-]ccc3ccccc23)c(-c2ccccc2)c1-c1ccccc1.[Ir].c1ccc(-c2nnn[n-]2)nc1. The molecule has 0 aliphatic heterocycles. The molecule has 0 amide bonds. The fourth-order valence-corrected chi connectivity index (χ4v) is 8.33. The van der Waals surface area contributed by atoms with Crippen molar-refractivity contribution in [1.29, 1.82) is 0 Å². The van der Waals surface area contributed by atoms with Gasteiger partial charge in [0, 0.05) is 26.3 Å². The molecule has 1 radical (unpaired) electrons. The zero-order chi connectivity index (χ0) is 45.4. The Morgan fingerprint density at radius 3 is 1.28 bits per heavy atom. The summed E-state index contributed by atoms with van der Waals surface area (Å²) in [6, 6.07) is 79.4. The average molecular weight is 1060 g/mol. The van der Waals surface area contributed by atoms with Crippen LogP contribution in [0.15, 0.2) is 219 Å². The maximum Gasteiger partial charge on any atom is 0.242 e. The van der Waals surface area contributed by atoms with Gasteiger partial charge < -0.3 is 23.4 Å². The summed E-state index contributed by atoms with van der Waals surface area (Å²) in [5.74, 6) is 0.464. The molecular weight excluding hydrogens is 1010 g/mol. The number of tetrazole rings is 1. The minimum Gasteiger partial charge on any atom is -0.341 e. The van der Waals surface area contributed by atoms with Crippen LogP contribution in [0.3, 0.4) is 0 Å². The summed E-state index contributed by atoms with van der Waals surface area (Å²) in [4.78, 5) is 4.02. The van der Waals surface area contributed by atoms with E-state index < -0.39 is 0 Å². The number of rotatable bonds is 7. The Morgan fingerprint density at radius 2 is 0.868 bits per heavy atom. The number of aromatic nitrogens is 9. The summed E-state index contributed by atoms with van der Waals surface area (Å²) in [7, 11) is 4.10. The smallest absolute Gasteiger partial charge is 0.242 e. The third kappa shape index (κ3) is 9.32. The Labute approximate surface area is 408 Å². The third-order valence-electron chi connectivity index (χ3n) is 11.3. The second-order valence-corrected chi connectivity index (χ2v) is 15.6. The Morgan fingerprint density at radius 1 is 0.456 bits per heavy atom. The number of imidazole rings is 2. The predicted molar refractivity (Wildman–Crippen MR) is 262 cm³/mol. The molecule has 0 saturated heterocycles. The van der Waals surface area contributed by atoms with Crippen LogP contribution in [0, 0.1) is 24.8 Å². The fraction of sp³-hybridized carbons (Fsp3) is 0.0345. The molecule has 0 bridgehead atoms. The quantitative estimate of drug-likeness (QED) is 0.117. The Hall–Kier alpha value is -8.43. The van der Waals surface area contributed by atoms with Gasteiger partial charge >= 0.3 is 0 Å². The maximum atomic E-state index is 4.02. The topological polar surface area (TPSA) is 83.3 Å². The molecule has 0 fully saturated rings. The average Bonchev–Trinajstić information content (AvgIpc) is 4.16. The van der Waals surface area contributed by atoms with Gasteiger partial charge in [-0.3, -0.25) is 15.3 Å². The summed E-state index contributed by atoms with van der Waals surface area (Å²) in [6.45, 7) is 0. The molecule has 8 aromatic carbocycles. The molecule has 10 heteroatoms. The second kappa shape index (κ2) is 20.8. The maximum absolute atomic E-state index is 4.02. The first kappa shape index (κ1) is 44.8. The number of fused-ring (bicyclic) bond motifs is 2. The van der Waals surface area contributed by atoms with Gasteiger partial charge in [-0.15, -0.1) is 33.7 Å². The van der Waals surface area contributed by atoms with Crippen LogP contribution >= 0.6 is 0 Å². The molecule has 68 heavy (non-hydrogen) atoms. The Balaban J connectivity index is 0.000000138. The van der Waals surface area contributed by atoms with E-state index in [2.05, 4.69) is 240 Å². The van der Waals surface area contributed by atoms with Crippen LogP contribution < -0.4 is 14.2 Å². The van der Waals surface area contributed by atoms with Gasteiger partial charge in [-0.1, -0.05) is 175 Å². The van der Waals surface area contributed by atoms with Gasteiger partial charge in [-0.2, -0.15) is 41.6 Å². The molecule has 0 atom stereocenters. The van der Waals surface area contributed by atoms with Crippen LogP contribution in [0.5, 0.6) is 0 Å². The summed E-state index contributed by atoms with van der Waals surface area (Å²) in [5, 5.41) is 18.7. The van der Waals surface area contributed by atoms with E-state index in [-0.39, 0.29) is 20.1 Å². The molecule has 331 valence electrons. The second-order valence-electron chi connectivity index (χ2n) is 15.6. The van der Waals surface area contributed by atoms with Crippen LogP contribution in [0.2, 0.25) is 0 Å². The van der Waals surface area contributed by atoms with Crippen molar-refractivity contribution in [2.45, 2.75) is 0 Å². The summed E-state index contributed by atoms with van der Waals surface area (Å²) in [5.41, 5.74) is 11.8. The normalized spacial score (nSPS) is 10.7. The van der Waals surface area contributed by atoms with Crippen molar-refractivity contribution < 1.29 is 29.2 Å². The first-order valence-corrected chi connectivity index (χ1v) is 21.8. The zero-order valence-electron chi connectivity index (χ0n) is 37.1. The first-order valence-electron chi connectivity index (χ1n) is 21.8. The molecule has 0 aliphatic carbocycles. The van der Waals surface area contributed by atoms with Crippen molar-refractivity contribution in [1.82, 2.24) is 34.7 Å². The number of hydrogen-bond acceptors (Lipinski definition) is 4. The van der Waals surface area contributed by atoms with Crippen molar-refractivity contribution in [3.8, 4) is 67.9 Å². The Kier molecular flexibility index (Phi) is 13.7. The number of pyridine rings is 1. The minimum atomic E-state index is 0. The molecule has 9 nitrogen and oxygen atoms in total. The zero-order valence-corrected chi connectivity index (χ0v) is 39.5. The molecule has 12 aromatic rings. The summed E-state index contributed by atoms with van der Waals surface area (Å²) in [6.07, 6.45) is 8.71. The third-order valence-corrected chi connectivity index (χ3v) is 11.3. The van der Waals surface area contributed by atoms with E-state index in [0.29, 0.717) is 11.5 Å². The molecule has 0 unspecified atom stereocenters. The monoisotopic (exact) mass is 1060 g/mol. The fourth-order valence-electron chi connectivity index (χ4n) is 8.33. The number of benzene rings is 8. The molecule has 12 rings (SSSR count). The van der Waals surface area contributed by atoms with Crippen LogP contribution in [0.25, 0.3) is 89.5 Å². The molecule has 4 aromatic heterocycles. The van der Waals surface area contributed by atoms with Gasteiger partial charge in [0.1, 0.15) is 0 Å². The van der Waals surface area contributed by atoms with Crippen molar-refractivity contribution in [3.63, 3.8) is 0 Å². The summed E-state index contributed by atoms with van der Waals surface area (Å²) < 4.78 is 8.43. The molecular formula is C58H42IrN9-3. The van der Waals surface area contributed by atoms with E-state index in [0.717, 1.165) is 56.0 Å². The van der Waals surface area contributed by atoms with Crippen LogP contribution in [-0.2, 0) is 34.2 Å². The molecule has 0 saturated carbocycles. The van der Waals surface area contributed by atoms with Gasteiger partial charge in [-0.05, 0) is 34.4 Å².